The number of hydrogen-bond acceptors (Lipinski definition) is 0. The maximum atomic E-state index is 14.3. The summed E-state index contributed by atoms with van der Waals surface area (Å²) < 4.78 is 14.3. The van der Waals surface area contributed by atoms with Gasteiger partial charge in [0.15, 0.2) is 0 Å². The molecule has 0 spiro atoms. The highest BCUT2D eigenvalue weighted by Crippen LogP contribution is 2.36. The van der Waals surface area contributed by atoms with E-state index in [1.54, 1.807) is 13.0 Å². The second-order valence-electron chi connectivity index (χ2n) is 4.91. The van der Waals surface area contributed by atoms with Crippen molar-refractivity contribution >= 4 is 26.7 Å². The van der Waals surface area contributed by atoms with Gasteiger partial charge in [0.2, 0.25) is 0 Å². The van der Waals surface area contributed by atoms with Crippen molar-refractivity contribution in [3.63, 3.8) is 0 Å². The number of fused-ring (bicyclic) bond motifs is 1. The fourth-order valence-corrected chi connectivity index (χ4v) is 3.26. The second-order valence-corrected chi connectivity index (χ2v) is 5.82. The minimum absolute atomic E-state index is 0.137. The molecule has 0 aliphatic carbocycles. The molecule has 2 heteroatoms. The van der Waals surface area contributed by atoms with Gasteiger partial charge in [-0.25, -0.2) is 4.39 Å². The van der Waals surface area contributed by atoms with Crippen LogP contribution in [0.15, 0.2) is 60.7 Å². The lowest BCUT2D eigenvalue weighted by molar-refractivity contribution is 0.604. The first kappa shape index (κ1) is 13.3. The number of aryl methyl sites for hydroxylation is 1. The third kappa shape index (κ3) is 2.25. The Hall–Kier alpha value is -1.67. The van der Waals surface area contributed by atoms with E-state index in [1.807, 2.05) is 36.4 Å². The van der Waals surface area contributed by atoms with Crippen molar-refractivity contribution < 1.29 is 4.39 Å². The van der Waals surface area contributed by atoms with Crippen LogP contribution in [-0.2, 0) is 0 Å². The Bertz CT molecular complexity index is 759. The number of halogens is 2. The lowest BCUT2D eigenvalue weighted by atomic mass is 9.97. The van der Waals surface area contributed by atoms with Crippen LogP contribution >= 0.6 is 15.9 Å². The van der Waals surface area contributed by atoms with Gasteiger partial charge in [-0.15, -0.1) is 0 Å². The maximum absolute atomic E-state index is 14.3. The minimum atomic E-state index is -0.145. The number of alkyl halides is 1. The SMILES string of the molecule is Cc1cccc(C(Br)c2cccc3ccccc23)c1F. The van der Waals surface area contributed by atoms with Crippen molar-refractivity contribution in [1.29, 1.82) is 0 Å². The van der Waals surface area contributed by atoms with E-state index in [0.29, 0.717) is 11.1 Å². The van der Waals surface area contributed by atoms with Crippen LogP contribution in [0, 0.1) is 12.7 Å². The fourth-order valence-electron chi connectivity index (χ4n) is 2.50. The van der Waals surface area contributed by atoms with Gasteiger partial charge >= 0.3 is 0 Å². The first-order valence-electron chi connectivity index (χ1n) is 6.55. The molecule has 0 fully saturated rings. The molecule has 0 heterocycles. The van der Waals surface area contributed by atoms with E-state index >= 15 is 0 Å². The van der Waals surface area contributed by atoms with Crippen molar-refractivity contribution in [3.05, 3.63) is 83.2 Å². The molecule has 0 aromatic heterocycles. The van der Waals surface area contributed by atoms with Gasteiger partial charge in [0.1, 0.15) is 5.82 Å². The molecule has 0 nitrogen and oxygen atoms in total. The van der Waals surface area contributed by atoms with Crippen LogP contribution in [0.3, 0.4) is 0 Å². The van der Waals surface area contributed by atoms with E-state index in [-0.39, 0.29) is 10.6 Å². The first-order valence-corrected chi connectivity index (χ1v) is 7.47. The van der Waals surface area contributed by atoms with Gasteiger partial charge in [0, 0.05) is 5.56 Å². The van der Waals surface area contributed by atoms with E-state index < -0.39 is 0 Å². The lowest BCUT2D eigenvalue weighted by Gasteiger charge is -2.15. The quantitative estimate of drug-likeness (QED) is 0.524. The van der Waals surface area contributed by atoms with E-state index in [2.05, 4.69) is 34.1 Å². The van der Waals surface area contributed by atoms with E-state index in [4.69, 9.17) is 0 Å². The van der Waals surface area contributed by atoms with Gasteiger partial charge in [-0.2, -0.15) is 0 Å². The van der Waals surface area contributed by atoms with Crippen LogP contribution in [0.4, 0.5) is 4.39 Å². The lowest BCUT2D eigenvalue weighted by Crippen LogP contribution is -1.99. The largest absolute Gasteiger partial charge is 0.206 e. The molecule has 1 atom stereocenters. The highest BCUT2D eigenvalue weighted by Gasteiger charge is 2.17. The monoisotopic (exact) mass is 328 g/mol. The summed E-state index contributed by atoms with van der Waals surface area (Å²) >= 11 is 3.66. The Balaban J connectivity index is 2.18. The summed E-state index contributed by atoms with van der Waals surface area (Å²) in [5, 5.41) is 2.32. The Morgan fingerprint density at radius 2 is 1.50 bits per heavy atom. The zero-order valence-electron chi connectivity index (χ0n) is 11.1. The fraction of sp³-hybridized carbons (Fsp3) is 0.111. The van der Waals surface area contributed by atoms with Gasteiger partial charge < -0.3 is 0 Å². The zero-order chi connectivity index (χ0) is 14.1. The summed E-state index contributed by atoms with van der Waals surface area (Å²) in [5.41, 5.74) is 2.45. The molecule has 0 radical (unpaired) electrons. The number of hydrogen-bond donors (Lipinski definition) is 0. The Labute approximate surface area is 126 Å². The van der Waals surface area contributed by atoms with Gasteiger partial charge in [0.05, 0.1) is 4.83 Å². The number of rotatable bonds is 2. The van der Waals surface area contributed by atoms with E-state index in [0.717, 1.165) is 10.9 Å². The molecule has 3 aromatic rings. The van der Waals surface area contributed by atoms with Gasteiger partial charge in [0.25, 0.3) is 0 Å². The molecule has 1 unspecified atom stereocenters. The van der Waals surface area contributed by atoms with E-state index in [1.165, 1.54) is 5.39 Å². The summed E-state index contributed by atoms with van der Waals surface area (Å²) in [6.45, 7) is 1.79. The Morgan fingerprint density at radius 1 is 0.850 bits per heavy atom. The van der Waals surface area contributed by atoms with Crippen molar-refractivity contribution in [3.8, 4) is 0 Å². The molecule has 20 heavy (non-hydrogen) atoms. The average molecular weight is 329 g/mol. The molecule has 0 saturated carbocycles. The molecule has 0 bridgehead atoms. The molecule has 0 N–H and O–H groups in total. The summed E-state index contributed by atoms with van der Waals surface area (Å²) in [6.07, 6.45) is 0. The van der Waals surface area contributed by atoms with Crippen molar-refractivity contribution in [2.45, 2.75) is 11.8 Å². The standard InChI is InChI=1S/C18H14BrF/c1-12-6-4-11-16(18(12)20)17(19)15-10-5-8-13-7-2-3-9-14(13)15/h2-11,17H,1H3. The molecular formula is C18H14BrF. The third-order valence-corrected chi connectivity index (χ3v) is 4.58. The normalized spacial score (nSPS) is 12.6. The van der Waals surface area contributed by atoms with Gasteiger partial charge in [-0.05, 0) is 28.8 Å². The Morgan fingerprint density at radius 3 is 2.35 bits per heavy atom. The van der Waals surface area contributed by atoms with Crippen LogP contribution in [-0.4, -0.2) is 0 Å². The van der Waals surface area contributed by atoms with Crippen molar-refractivity contribution in [1.82, 2.24) is 0 Å². The zero-order valence-corrected chi connectivity index (χ0v) is 12.7. The molecule has 0 saturated heterocycles. The van der Waals surface area contributed by atoms with E-state index in [9.17, 15) is 4.39 Å². The molecule has 0 aliphatic rings. The molecule has 0 aliphatic heterocycles. The Kier molecular flexibility index (Phi) is 3.58. The second kappa shape index (κ2) is 5.37. The van der Waals surface area contributed by atoms with Crippen molar-refractivity contribution in [2.24, 2.45) is 0 Å². The molecule has 3 rings (SSSR count). The summed E-state index contributed by atoms with van der Waals surface area (Å²) in [6, 6.07) is 19.8. The third-order valence-electron chi connectivity index (χ3n) is 3.59. The topological polar surface area (TPSA) is 0 Å². The molecule has 0 amide bonds. The van der Waals surface area contributed by atoms with Crippen LogP contribution in [0.2, 0.25) is 0 Å². The highest BCUT2D eigenvalue weighted by atomic mass is 79.9. The summed E-state index contributed by atoms with van der Waals surface area (Å²) in [4.78, 5) is -0.145. The minimum Gasteiger partial charge on any atom is -0.206 e. The van der Waals surface area contributed by atoms with Crippen LogP contribution in [0.25, 0.3) is 10.8 Å². The van der Waals surface area contributed by atoms with Gasteiger partial charge in [-0.1, -0.05) is 76.6 Å². The van der Waals surface area contributed by atoms with Gasteiger partial charge in [-0.3, -0.25) is 0 Å². The van der Waals surface area contributed by atoms with Crippen LogP contribution < -0.4 is 0 Å². The smallest absolute Gasteiger partial charge is 0.130 e. The van der Waals surface area contributed by atoms with Crippen LogP contribution in [0.1, 0.15) is 21.5 Å². The summed E-state index contributed by atoms with van der Waals surface area (Å²) in [5.74, 6) is -0.137. The van der Waals surface area contributed by atoms with Crippen LogP contribution in [0.5, 0.6) is 0 Å². The first-order chi connectivity index (χ1) is 9.68. The average Bonchev–Trinajstić information content (AvgIpc) is 2.49. The maximum Gasteiger partial charge on any atom is 0.130 e. The summed E-state index contributed by atoms with van der Waals surface area (Å²) in [7, 11) is 0. The number of benzene rings is 3. The highest BCUT2D eigenvalue weighted by molar-refractivity contribution is 9.09. The predicted molar refractivity (Wildman–Crippen MR) is 85.9 cm³/mol. The van der Waals surface area contributed by atoms with Crippen molar-refractivity contribution in [2.75, 3.05) is 0 Å². The molecule has 100 valence electrons. The molecule has 3 aromatic carbocycles. The molecular weight excluding hydrogens is 315 g/mol. The predicted octanol–water partition coefficient (Wildman–Crippen LogP) is 5.77.